The zero-order chi connectivity index (χ0) is 18.8. The summed E-state index contributed by atoms with van der Waals surface area (Å²) in [7, 11) is 0. The average molecular weight is 385 g/mol. The molecule has 0 spiro atoms. The van der Waals surface area contributed by atoms with E-state index in [1.807, 2.05) is 6.07 Å². The molecule has 27 heavy (non-hydrogen) atoms. The van der Waals surface area contributed by atoms with E-state index >= 15 is 0 Å². The summed E-state index contributed by atoms with van der Waals surface area (Å²) in [4.78, 5) is 17.8. The number of thiazole rings is 1. The van der Waals surface area contributed by atoms with Crippen molar-refractivity contribution in [1.29, 1.82) is 0 Å². The van der Waals surface area contributed by atoms with Crippen LogP contribution in [0.1, 0.15) is 5.56 Å². The molecule has 0 atom stereocenters. The van der Waals surface area contributed by atoms with Gasteiger partial charge in [-0.15, -0.1) is 0 Å². The van der Waals surface area contributed by atoms with Crippen molar-refractivity contribution in [3.05, 3.63) is 30.1 Å². The monoisotopic (exact) mass is 385 g/mol. The SMILES string of the molecule is Cc1cccc2sc(Nc3ncnc(N4CCN(CCO)CC4)c3N)nc12. The number of fused-ring (bicyclic) bond motifs is 1. The molecule has 3 heterocycles. The van der Waals surface area contributed by atoms with Crippen molar-refractivity contribution in [3.8, 4) is 0 Å². The Kier molecular flexibility index (Phi) is 5.06. The maximum atomic E-state index is 9.08. The van der Waals surface area contributed by atoms with Crippen molar-refractivity contribution in [1.82, 2.24) is 19.9 Å². The van der Waals surface area contributed by atoms with Gasteiger partial charge in [-0.2, -0.15) is 0 Å². The van der Waals surface area contributed by atoms with Gasteiger partial charge in [-0.1, -0.05) is 23.5 Å². The summed E-state index contributed by atoms with van der Waals surface area (Å²) in [6, 6.07) is 6.15. The highest BCUT2D eigenvalue weighted by atomic mass is 32.1. The van der Waals surface area contributed by atoms with Gasteiger partial charge < -0.3 is 21.1 Å². The Bertz CT molecular complexity index is 937. The number of anilines is 4. The third-order valence-electron chi connectivity index (χ3n) is 4.80. The fraction of sp³-hybridized carbons (Fsp3) is 0.389. The molecular formula is C18H23N7OS. The molecule has 4 N–H and O–H groups in total. The standard InChI is InChI=1S/C18H23N7OS/c1-12-3-2-4-13-15(12)22-18(27-13)23-16-14(19)17(21-11-20-16)25-7-5-24(6-8-25)9-10-26/h2-4,11,26H,5-10,19H2,1H3,(H,20,21,22,23). The Hall–Kier alpha value is -2.49. The topological polar surface area (TPSA) is 103 Å². The summed E-state index contributed by atoms with van der Waals surface area (Å²) in [5.74, 6) is 1.32. The molecule has 2 aromatic heterocycles. The van der Waals surface area contributed by atoms with E-state index in [1.54, 1.807) is 11.3 Å². The normalized spacial score (nSPS) is 15.4. The minimum Gasteiger partial charge on any atom is -0.395 e. The van der Waals surface area contributed by atoms with Crippen molar-refractivity contribution in [3.63, 3.8) is 0 Å². The van der Waals surface area contributed by atoms with Crippen LogP contribution in [0.3, 0.4) is 0 Å². The molecule has 3 aromatic rings. The van der Waals surface area contributed by atoms with E-state index in [0.717, 1.165) is 52.9 Å². The van der Waals surface area contributed by atoms with Crippen LogP contribution in [0.25, 0.3) is 10.2 Å². The minimum atomic E-state index is 0.186. The third-order valence-corrected chi connectivity index (χ3v) is 5.73. The molecule has 1 fully saturated rings. The van der Waals surface area contributed by atoms with Crippen LogP contribution in [-0.4, -0.2) is 64.3 Å². The lowest BCUT2D eigenvalue weighted by molar-refractivity contribution is 0.188. The van der Waals surface area contributed by atoms with Crippen LogP contribution in [0.4, 0.5) is 22.5 Å². The number of hydrogen-bond donors (Lipinski definition) is 3. The van der Waals surface area contributed by atoms with Gasteiger partial charge in [0.2, 0.25) is 0 Å². The van der Waals surface area contributed by atoms with E-state index < -0.39 is 0 Å². The fourth-order valence-corrected chi connectivity index (χ4v) is 4.25. The predicted molar refractivity (Wildman–Crippen MR) is 110 cm³/mol. The average Bonchev–Trinajstić information content (AvgIpc) is 3.09. The molecule has 1 aliphatic rings. The van der Waals surface area contributed by atoms with Gasteiger partial charge in [-0.25, -0.2) is 15.0 Å². The van der Waals surface area contributed by atoms with E-state index in [-0.39, 0.29) is 6.61 Å². The van der Waals surface area contributed by atoms with Crippen LogP contribution in [0.2, 0.25) is 0 Å². The van der Waals surface area contributed by atoms with Crippen molar-refractivity contribution in [2.45, 2.75) is 6.92 Å². The van der Waals surface area contributed by atoms with E-state index in [2.05, 4.69) is 49.1 Å². The lowest BCUT2D eigenvalue weighted by atomic mass is 10.2. The summed E-state index contributed by atoms with van der Waals surface area (Å²) in [6.45, 7) is 6.34. The number of para-hydroxylation sites is 1. The molecule has 1 saturated heterocycles. The molecule has 1 aromatic carbocycles. The molecule has 0 bridgehead atoms. The second-order valence-corrected chi connectivity index (χ2v) is 7.61. The van der Waals surface area contributed by atoms with E-state index in [4.69, 9.17) is 10.8 Å². The molecule has 4 rings (SSSR count). The molecule has 0 saturated carbocycles. The van der Waals surface area contributed by atoms with Crippen LogP contribution in [0.5, 0.6) is 0 Å². The minimum absolute atomic E-state index is 0.186. The van der Waals surface area contributed by atoms with Gasteiger partial charge in [-0.05, 0) is 18.6 Å². The molecule has 8 nitrogen and oxygen atoms in total. The van der Waals surface area contributed by atoms with Crippen molar-refractivity contribution >= 4 is 44.0 Å². The van der Waals surface area contributed by atoms with Crippen LogP contribution in [0.15, 0.2) is 24.5 Å². The van der Waals surface area contributed by atoms with Crippen LogP contribution in [-0.2, 0) is 0 Å². The summed E-state index contributed by atoms with van der Waals surface area (Å²) in [6.07, 6.45) is 1.53. The number of nitrogens with zero attached hydrogens (tertiary/aromatic N) is 5. The molecule has 0 unspecified atom stereocenters. The quantitative estimate of drug-likeness (QED) is 0.611. The lowest BCUT2D eigenvalue weighted by Crippen LogP contribution is -2.47. The van der Waals surface area contributed by atoms with E-state index in [9.17, 15) is 0 Å². The number of aliphatic hydroxyl groups excluding tert-OH is 1. The van der Waals surface area contributed by atoms with Gasteiger partial charge in [0.15, 0.2) is 16.8 Å². The summed E-state index contributed by atoms with van der Waals surface area (Å²) >= 11 is 1.58. The van der Waals surface area contributed by atoms with Crippen LogP contribution in [0, 0.1) is 6.92 Å². The largest absolute Gasteiger partial charge is 0.395 e. The Balaban J connectivity index is 1.54. The number of nitrogens with two attached hydrogens (primary N) is 1. The highest BCUT2D eigenvalue weighted by Gasteiger charge is 2.21. The molecule has 142 valence electrons. The van der Waals surface area contributed by atoms with Crippen molar-refractivity contribution < 1.29 is 5.11 Å². The summed E-state index contributed by atoms with van der Waals surface area (Å²) < 4.78 is 1.13. The maximum Gasteiger partial charge on any atom is 0.189 e. The van der Waals surface area contributed by atoms with Gasteiger partial charge >= 0.3 is 0 Å². The van der Waals surface area contributed by atoms with Crippen LogP contribution >= 0.6 is 11.3 Å². The number of nitrogen functional groups attached to an aromatic ring is 1. The Morgan fingerprint density at radius 2 is 2.04 bits per heavy atom. The number of aryl methyl sites for hydroxylation is 1. The van der Waals surface area contributed by atoms with Gasteiger partial charge in [0.25, 0.3) is 0 Å². The Morgan fingerprint density at radius 3 is 2.78 bits per heavy atom. The predicted octanol–water partition coefficient (Wildman–Crippen LogP) is 1.83. The number of hydrogen-bond acceptors (Lipinski definition) is 9. The van der Waals surface area contributed by atoms with Gasteiger partial charge in [-0.3, -0.25) is 4.90 Å². The first-order chi connectivity index (χ1) is 13.2. The molecule has 9 heteroatoms. The lowest BCUT2D eigenvalue weighted by Gasteiger charge is -2.35. The highest BCUT2D eigenvalue weighted by molar-refractivity contribution is 7.22. The smallest absolute Gasteiger partial charge is 0.189 e. The first-order valence-corrected chi connectivity index (χ1v) is 9.79. The van der Waals surface area contributed by atoms with Crippen LogP contribution < -0.4 is 16.0 Å². The van der Waals surface area contributed by atoms with Crippen molar-refractivity contribution in [2.24, 2.45) is 0 Å². The number of rotatable bonds is 5. The second-order valence-electron chi connectivity index (χ2n) is 6.58. The fourth-order valence-electron chi connectivity index (χ4n) is 3.30. The zero-order valence-electron chi connectivity index (χ0n) is 15.2. The summed E-state index contributed by atoms with van der Waals surface area (Å²) in [5.41, 5.74) is 9.05. The molecule has 0 aliphatic carbocycles. The number of piperazine rings is 1. The highest BCUT2D eigenvalue weighted by Crippen LogP contribution is 2.33. The van der Waals surface area contributed by atoms with Gasteiger partial charge in [0.05, 0.1) is 16.8 Å². The number of β-amino-alcohol motifs (C(OH)–C–C–N with tert-alkyl or cyclic N) is 1. The van der Waals surface area contributed by atoms with E-state index in [1.165, 1.54) is 6.33 Å². The van der Waals surface area contributed by atoms with Gasteiger partial charge in [0.1, 0.15) is 12.0 Å². The molecular weight excluding hydrogens is 362 g/mol. The Labute approximate surface area is 161 Å². The van der Waals surface area contributed by atoms with Crippen molar-refractivity contribution in [2.75, 3.05) is 55.3 Å². The number of aliphatic hydroxyl groups is 1. The van der Waals surface area contributed by atoms with E-state index in [0.29, 0.717) is 18.1 Å². The molecule has 0 amide bonds. The first-order valence-electron chi connectivity index (χ1n) is 8.97. The van der Waals surface area contributed by atoms with Gasteiger partial charge in [0, 0.05) is 32.7 Å². The molecule has 0 radical (unpaired) electrons. The Morgan fingerprint density at radius 1 is 1.22 bits per heavy atom. The number of nitrogens with one attached hydrogen (secondary N) is 1. The third kappa shape index (κ3) is 3.66. The number of aromatic nitrogens is 3. The first kappa shape index (κ1) is 17.9. The molecule has 1 aliphatic heterocycles. The zero-order valence-corrected chi connectivity index (χ0v) is 16.0. The number of benzene rings is 1. The summed E-state index contributed by atoms with van der Waals surface area (Å²) in [5, 5.41) is 13.1. The second kappa shape index (κ2) is 7.63. The maximum absolute atomic E-state index is 9.08.